The Morgan fingerprint density at radius 2 is 2.41 bits per heavy atom. The smallest absolute Gasteiger partial charge is 0.282 e. The van der Waals surface area contributed by atoms with Gasteiger partial charge in [0.15, 0.2) is 0 Å². The van der Waals surface area contributed by atoms with Crippen molar-refractivity contribution in [3.05, 3.63) is 9.47 Å². The highest BCUT2D eigenvalue weighted by atomic mass is 35.5. The molecule has 7 heteroatoms. The highest BCUT2D eigenvalue weighted by Gasteiger charge is 2.29. The van der Waals surface area contributed by atoms with Gasteiger partial charge in [-0.15, -0.1) is 10.2 Å². The number of thioether (sulfide) groups is 1. The van der Waals surface area contributed by atoms with Crippen LogP contribution in [-0.2, 0) is 0 Å². The van der Waals surface area contributed by atoms with Gasteiger partial charge < -0.3 is 5.32 Å². The predicted molar refractivity (Wildman–Crippen MR) is 71.9 cm³/mol. The molecule has 0 saturated heterocycles. The van der Waals surface area contributed by atoms with E-state index < -0.39 is 0 Å². The van der Waals surface area contributed by atoms with Gasteiger partial charge in [-0.3, -0.25) is 4.79 Å². The average molecular weight is 292 g/mol. The minimum atomic E-state index is -0.150. The normalized spacial score (nSPS) is 23.9. The second kappa shape index (κ2) is 6.02. The first kappa shape index (κ1) is 13.1. The Morgan fingerprint density at radius 1 is 1.59 bits per heavy atom. The van der Waals surface area contributed by atoms with Crippen LogP contribution in [0.3, 0.4) is 0 Å². The molecule has 0 aliphatic heterocycles. The summed E-state index contributed by atoms with van der Waals surface area (Å²) in [5, 5.41) is 11.3. The first-order chi connectivity index (χ1) is 8.20. The third kappa shape index (κ3) is 3.33. The Balaban J connectivity index is 1.94. The molecule has 1 saturated carbocycles. The molecule has 4 nitrogen and oxygen atoms in total. The van der Waals surface area contributed by atoms with Gasteiger partial charge in [0.25, 0.3) is 5.91 Å². The van der Waals surface area contributed by atoms with Crippen molar-refractivity contribution in [3.63, 3.8) is 0 Å². The number of carbonyl (C=O) groups is 1. The lowest BCUT2D eigenvalue weighted by molar-refractivity contribution is 0.0937. The van der Waals surface area contributed by atoms with Crippen LogP contribution in [0.25, 0.3) is 0 Å². The molecule has 1 aliphatic carbocycles. The summed E-state index contributed by atoms with van der Waals surface area (Å²) in [5.41, 5.74) is 0. The fourth-order valence-electron chi connectivity index (χ4n) is 2.03. The van der Waals surface area contributed by atoms with Crippen LogP contribution in [0.5, 0.6) is 0 Å². The van der Waals surface area contributed by atoms with Gasteiger partial charge in [0.05, 0.1) is 0 Å². The van der Waals surface area contributed by atoms with E-state index in [1.807, 2.05) is 11.8 Å². The largest absolute Gasteiger partial charge is 0.346 e. The molecule has 0 bridgehead atoms. The summed E-state index contributed by atoms with van der Waals surface area (Å²) in [6, 6.07) is 0.259. The molecule has 94 valence electrons. The zero-order valence-electron chi connectivity index (χ0n) is 9.48. The Labute approximate surface area is 114 Å². The highest BCUT2D eigenvalue weighted by molar-refractivity contribution is 7.99. The number of hydrogen-bond donors (Lipinski definition) is 1. The third-order valence-corrected chi connectivity index (χ3v) is 5.09. The zero-order chi connectivity index (χ0) is 12.3. The Kier molecular flexibility index (Phi) is 4.64. The van der Waals surface area contributed by atoms with E-state index in [2.05, 4.69) is 22.4 Å². The van der Waals surface area contributed by atoms with Crippen LogP contribution in [0.4, 0.5) is 0 Å². The van der Waals surface area contributed by atoms with E-state index in [1.54, 1.807) is 0 Å². The molecule has 1 aromatic rings. The summed E-state index contributed by atoms with van der Waals surface area (Å²) in [5.74, 6) is 0.935. The fourth-order valence-corrected chi connectivity index (χ4v) is 3.96. The molecule has 0 radical (unpaired) electrons. The molecule has 2 atom stereocenters. The van der Waals surface area contributed by atoms with E-state index in [-0.39, 0.29) is 11.9 Å². The quantitative estimate of drug-likeness (QED) is 0.926. The number of nitrogens with one attached hydrogen (secondary N) is 1. The molecular weight excluding hydrogens is 278 g/mol. The van der Waals surface area contributed by atoms with Crippen LogP contribution in [0.2, 0.25) is 4.47 Å². The van der Waals surface area contributed by atoms with Gasteiger partial charge in [-0.05, 0) is 30.2 Å². The molecular formula is C10H14ClN3OS2. The standard InChI is InChI=1S/C10H14ClN3OS2/c1-2-16-7-5-3-4-6(7)12-8(15)9-13-14-10(11)17-9/h6-7H,2-5H2,1H3,(H,12,15). The SMILES string of the molecule is CCSC1CCCC1NC(=O)c1nnc(Cl)s1. The lowest BCUT2D eigenvalue weighted by Gasteiger charge is -2.19. The fraction of sp³-hybridized carbons (Fsp3) is 0.700. The second-order valence-corrected chi connectivity index (χ2v) is 6.94. The number of carbonyl (C=O) groups excluding carboxylic acids is 1. The van der Waals surface area contributed by atoms with E-state index in [9.17, 15) is 4.79 Å². The van der Waals surface area contributed by atoms with Crippen LogP contribution in [0.15, 0.2) is 0 Å². The van der Waals surface area contributed by atoms with Crippen LogP contribution in [-0.4, -0.2) is 33.1 Å². The zero-order valence-corrected chi connectivity index (χ0v) is 11.9. The van der Waals surface area contributed by atoms with Gasteiger partial charge in [-0.1, -0.05) is 24.7 Å². The highest BCUT2D eigenvalue weighted by Crippen LogP contribution is 2.30. The van der Waals surface area contributed by atoms with Crippen LogP contribution in [0, 0.1) is 0 Å². The Hall–Kier alpha value is -0.330. The lowest BCUT2D eigenvalue weighted by atomic mass is 10.2. The van der Waals surface area contributed by atoms with E-state index in [0.29, 0.717) is 14.7 Å². The average Bonchev–Trinajstić information content (AvgIpc) is 2.89. The second-order valence-electron chi connectivity index (χ2n) is 3.86. The summed E-state index contributed by atoms with van der Waals surface area (Å²) >= 11 is 8.69. The van der Waals surface area contributed by atoms with Crippen molar-refractivity contribution in [1.29, 1.82) is 0 Å². The first-order valence-corrected chi connectivity index (χ1v) is 7.86. The van der Waals surface area contributed by atoms with E-state index in [1.165, 1.54) is 12.8 Å². The Morgan fingerprint density at radius 3 is 3.06 bits per heavy atom. The Bertz CT molecular complexity index is 399. The molecule has 17 heavy (non-hydrogen) atoms. The minimum absolute atomic E-state index is 0.150. The molecule has 0 spiro atoms. The number of aromatic nitrogens is 2. The van der Waals surface area contributed by atoms with Crippen molar-refractivity contribution in [1.82, 2.24) is 15.5 Å². The van der Waals surface area contributed by atoms with E-state index >= 15 is 0 Å². The minimum Gasteiger partial charge on any atom is -0.346 e. The van der Waals surface area contributed by atoms with Crippen LogP contribution in [0.1, 0.15) is 36.0 Å². The molecule has 1 heterocycles. The van der Waals surface area contributed by atoms with E-state index in [4.69, 9.17) is 11.6 Å². The lowest BCUT2D eigenvalue weighted by Crippen LogP contribution is -2.38. The molecule has 1 N–H and O–H groups in total. The molecule has 2 unspecified atom stereocenters. The van der Waals surface area contributed by atoms with Gasteiger partial charge in [0.2, 0.25) is 9.47 Å². The molecule has 1 amide bonds. The van der Waals surface area contributed by atoms with Gasteiger partial charge in [-0.2, -0.15) is 11.8 Å². The number of rotatable bonds is 4. The molecule has 0 aromatic carbocycles. The van der Waals surface area contributed by atoms with Crippen molar-refractivity contribution in [2.45, 2.75) is 37.5 Å². The summed E-state index contributed by atoms with van der Waals surface area (Å²) < 4.78 is 0.307. The van der Waals surface area contributed by atoms with Crippen molar-refractivity contribution < 1.29 is 4.79 Å². The topological polar surface area (TPSA) is 54.9 Å². The molecule has 1 fully saturated rings. The van der Waals surface area contributed by atoms with Crippen LogP contribution < -0.4 is 5.32 Å². The number of amides is 1. The van der Waals surface area contributed by atoms with Gasteiger partial charge in [-0.25, -0.2) is 0 Å². The van der Waals surface area contributed by atoms with Crippen LogP contribution >= 0.6 is 34.7 Å². The maximum absolute atomic E-state index is 11.9. The van der Waals surface area contributed by atoms with Crippen molar-refractivity contribution in [2.75, 3.05) is 5.75 Å². The maximum atomic E-state index is 11.9. The monoisotopic (exact) mass is 291 g/mol. The summed E-state index contributed by atoms with van der Waals surface area (Å²) in [6.45, 7) is 2.15. The summed E-state index contributed by atoms with van der Waals surface area (Å²) in [6.07, 6.45) is 3.41. The maximum Gasteiger partial charge on any atom is 0.282 e. The third-order valence-electron chi connectivity index (χ3n) is 2.74. The number of hydrogen-bond acceptors (Lipinski definition) is 5. The molecule has 2 rings (SSSR count). The van der Waals surface area contributed by atoms with Gasteiger partial charge in [0, 0.05) is 11.3 Å². The summed E-state index contributed by atoms with van der Waals surface area (Å²) in [4.78, 5) is 11.9. The molecule has 1 aromatic heterocycles. The van der Waals surface area contributed by atoms with Crippen molar-refractivity contribution in [2.24, 2.45) is 0 Å². The molecule has 1 aliphatic rings. The summed E-state index contributed by atoms with van der Waals surface area (Å²) in [7, 11) is 0. The first-order valence-electron chi connectivity index (χ1n) is 5.62. The van der Waals surface area contributed by atoms with E-state index in [0.717, 1.165) is 23.5 Å². The predicted octanol–water partition coefficient (Wildman–Crippen LogP) is 2.60. The van der Waals surface area contributed by atoms with Crippen molar-refractivity contribution in [3.8, 4) is 0 Å². The number of halogens is 1. The van der Waals surface area contributed by atoms with Gasteiger partial charge in [0.1, 0.15) is 0 Å². The van der Waals surface area contributed by atoms with Crippen molar-refractivity contribution >= 4 is 40.6 Å². The number of nitrogens with zero attached hydrogens (tertiary/aromatic N) is 2. The van der Waals surface area contributed by atoms with Gasteiger partial charge >= 0.3 is 0 Å².